The second-order valence-corrected chi connectivity index (χ2v) is 15.8. The topological polar surface area (TPSA) is 131 Å². The quantitative estimate of drug-likeness (QED) is 0.0928. The number of alkyl halides is 1. The average molecular weight is 749 g/mol. The molecule has 2 fully saturated rings. The number of carbonyl (C=O) groups excluding carboxylic acids is 1. The van der Waals surface area contributed by atoms with E-state index in [9.17, 15) is 4.79 Å². The molecule has 0 N–H and O–H groups in total. The molecule has 3 aromatic heterocycles. The maximum absolute atomic E-state index is 16.1. The van der Waals surface area contributed by atoms with Crippen molar-refractivity contribution in [2.75, 3.05) is 25.3 Å². The van der Waals surface area contributed by atoms with Gasteiger partial charge >= 0.3 is 12.1 Å². The molecule has 2 saturated heterocycles. The van der Waals surface area contributed by atoms with E-state index in [-0.39, 0.29) is 18.6 Å². The fraction of sp³-hybridized carbons (Fsp3) is 0.541. The fourth-order valence-corrected chi connectivity index (χ4v) is 7.23. The SMILES string of the molecule is C[Si]C(COCOc1cc(Oc2nccn2C)ccc1-c1ccc(N(C)[C@@H]2C[C@H]3CC[C@@H]([C@@H]2F)N3C(=O)OC(C)(C)C)nn1)Oc1nc(C)c(C)n1C. The molecule has 53 heavy (non-hydrogen) atoms. The Morgan fingerprint density at radius 1 is 1.11 bits per heavy atom. The summed E-state index contributed by atoms with van der Waals surface area (Å²) in [6.07, 6.45) is 3.54. The largest absolute Gasteiger partial charge is 0.467 e. The normalized spacial score (nSPS) is 20.3. The number of amides is 1. The number of piperidine rings is 1. The number of benzene rings is 1. The molecule has 4 aromatic rings. The van der Waals surface area contributed by atoms with Crippen molar-refractivity contribution in [2.45, 2.75) is 96.1 Å². The Bertz CT molecular complexity index is 1880. The lowest BCUT2D eigenvalue weighted by Gasteiger charge is -2.44. The Kier molecular flexibility index (Phi) is 11.3. The van der Waals surface area contributed by atoms with E-state index in [4.69, 9.17) is 23.7 Å². The summed E-state index contributed by atoms with van der Waals surface area (Å²) in [4.78, 5) is 25.2. The molecule has 2 radical (unpaired) electrons. The number of imidazole rings is 2. The van der Waals surface area contributed by atoms with Gasteiger partial charge in [0.05, 0.1) is 39.6 Å². The van der Waals surface area contributed by atoms with E-state index in [0.717, 1.165) is 17.8 Å². The average Bonchev–Trinajstić information content (AvgIpc) is 3.77. The summed E-state index contributed by atoms with van der Waals surface area (Å²) in [5, 5.41) is 9.04. The number of hydrogen-bond donors (Lipinski definition) is 0. The van der Waals surface area contributed by atoms with Gasteiger partial charge in [-0.1, -0.05) is 6.55 Å². The van der Waals surface area contributed by atoms with E-state index in [1.807, 2.05) is 83.4 Å². The minimum Gasteiger partial charge on any atom is -0.467 e. The predicted octanol–water partition coefficient (Wildman–Crippen LogP) is 5.84. The summed E-state index contributed by atoms with van der Waals surface area (Å²) in [5.41, 5.74) is 2.34. The molecule has 0 spiro atoms. The van der Waals surface area contributed by atoms with Crippen LogP contribution in [0.3, 0.4) is 0 Å². The van der Waals surface area contributed by atoms with Gasteiger partial charge in [-0.25, -0.2) is 19.2 Å². The highest BCUT2D eigenvalue weighted by Gasteiger charge is 2.52. The molecular weight excluding hydrogens is 700 g/mol. The van der Waals surface area contributed by atoms with Crippen LogP contribution < -0.4 is 19.1 Å². The molecule has 284 valence electrons. The smallest absolute Gasteiger partial charge is 0.410 e. The van der Waals surface area contributed by atoms with Crippen molar-refractivity contribution >= 4 is 21.4 Å². The first kappa shape index (κ1) is 38.0. The fourth-order valence-electron chi connectivity index (χ4n) is 6.73. The van der Waals surface area contributed by atoms with Crippen molar-refractivity contribution in [2.24, 2.45) is 14.1 Å². The number of carbonyl (C=O) groups is 1. The van der Waals surface area contributed by atoms with Crippen molar-refractivity contribution in [1.29, 1.82) is 0 Å². The zero-order valence-electron chi connectivity index (χ0n) is 31.9. The van der Waals surface area contributed by atoms with Gasteiger partial charge in [-0.3, -0.25) is 4.90 Å². The Hall–Kier alpha value is -4.70. The number of rotatable bonds is 13. The second kappa shape index (κ2) is 15.7. The van der Waals surface area contributed by atoms with Gasteiger partial charge in [0.2, 0.25) is 0 Å². The minimum atomic E-state index is -1.27. The van der Waals surface area contributed by atoms with Crippen LogP contribution in [0.4, 0.5) is 15.0 Å². The molecule has 2 bridgehead atoms. The van der Waals surface area contributed by atoms with Gasteiger partial charge in [0.15, 0.2) is 12.6 Å². The molecule has 5 heterocycles. The predicted molar refractivity (Wildman–Crippen MR) is 197 cm³/mol. The van der Waals surface area contributed by atoms with Crippen LogP contribution in [-0.2, 0) is 23.6 Å². The summed E-state index contributed by atoms with van der Waals surface area (Å²) in [6.45, 7) is 11.7. The Labute approximate surface area is 312 Å². The summed E-state index contributed by atoms with van der Waals surface area (Å²) in [7, 11) is 6.05. The number of anilines is 1. The number of halogens is 1. The van der Waals surface area contributed by atoms with Crippen LogP contribution in [0, 0.1) is 13.8 Å². The second-order valence-electron chi connectivity index (χ2n) is 14.6. The monoisotopic (exact) mass is 748 g/mol. The van der Waals surface area contributed by atoms with Crippen LogP contribution in [-0.4, -0.2) is 106 Å². The van der Waals surface area contributed by atoms with E-state index in [2.05, 4.69) is 26.7 Å². The van der Waals surface area contributed by atoms with E-state index in [1.165, 1.54) is 0 Å². The lowest BCUT2D eigenvalue weighted by atomic mass is 9.94. The van der Waals surface area contributed by atoms with Crippen molar-refractivity contribution in [3.05, 3.63) is 54.1 Å². The molecule has 2 aliphatic rings. The first-order valence-corrected chi connectivity index (χ1v) is 19.4. The standard InChI is InChI=1S/C37H49FN8O6Si/c1-22-23(2)44(7)35(40-22)51-32(53-9)20-48-21-49-30-19-25(50-34-39-16-17-43(34)6)11-12-26(30)27-13-15-31(42-41-27)45(8)29-18-24-10-14-28(33(29)38)46(24)36(47)52-37(3,4)5/h11-13,15-17,19,24,28-29,32-33H,10,14,18,20-21H2,1-9H3/t24-,28+,29-,32?,33+/m1/s1. The van der Waals surface area contributed by atoms with Crippen molar-refractivity contribution in [1.82, 2.24) is 34.2 Å². The molecule has 1 aromatic carbocycles. The Morgan fingerprint density at radius 3 is 2.55 bits per heavy atom. The van der Waals surface area contributed by atoms with Crippen LogP contribution >= 0.6 is 0 Å². The maximum atomic E-state index is 16.1. The first-order valence-electron chi connectivity index (χ1n) is 17.8. The van der Waals surface area contributed by atoms with Gasteiger partial charge in [-0.2, -0.15) is 0 Å². The zero-order chi connectivity index (χ0) is 38.0. The molecular formula is C37H49FN8O6Si. The highest BCUT2D eigenvalue weighted by atomic mass is 28.2. The molecule has 5 atom stereocenters. The van der Waals surface area contributed by atoms with Crippen LogP contribution in [0.2, 0.25) is 6.55 Å². The molecule has 6 rings (SSSR count). The molecule has 14 nitrogen and oxygen atoms in total. The molecule has 16 heteroatoms. The minimum absolute atomic E-state index is 0.0573. The van der Waals surface area contributed by atoms with Crippen LogP contribution in [0.15, 0.2) is 42.7 Å². The maximum Gasteiger partial charge on any atom is 0.410 e. The number of nitrogens with zero attached hydrogens (tertiary/aromatic N) is 8. The summed E-state index contributed by atoms with van der Waals surface area (Å²) in [6, 6.07) is 8.92. The molecule has 1 amide bonds. The van der Waals surface area contributed by atoms with Gasteiger partial charge < -0.3 is 37.7 Å². The number of hydrogen-bond acceptors (Lipinski definition) is 11. The summed E-state index contributed by atoms with van der Waals surface area (Å²) >= 11 is 0. The van der Waals surface area contributed by atoms with Crippen LogP contribution in [0.5, 0.6) is 23.5 Å². The van der Waals surface area contributed by atoms with Gasteiger partial charge in [0.25, 0.3) is 6.01 Å². The molecule has 2 aliphatic heterocycles. The number of ether oxygens (including phenoxy) is 5. The Balaban J connectivity index is 1.15. The van der Waals surface area contributed by atoms with Gasteiger partial charge in [-0.05, 0) is 78.1 Å². The number of aryl methyl sites for hydroxylation is 2. The molecule has 0 aliphatic carbocycles. The first-order chi connectivity index (χ1) is 25.2. The third-order valence-corrected chi connectivity index (χ3v) is 10.8. The number of aromatic nitrogens is 6. The Morgan fingerprint density at radius 2 is 1.91 bits per heavy atom. The highest BCUT2D eigenvalue weighted by molar-refractivity contribution is 6.35. The molecule has 0 saturated carbocycles. The van der Waals surface area contributed by atoms with Crippen molar-refractivity contribution < 1.29 is 32.9 Å². The van der Waals surface area contributed by atoms with Crippen LogP contribution in [0.25, 0.3) is 11.3 Å². The van der Waals surface area contributed by atoms with E-state index < -0.39 is 29.9 Å². The van der Waals surface area contributed by atoms with Crippen molar-refractivity contribution in [3.63, 3.8) is 0 Å². The van der Waals surface area contributed by atoms with Gasteiger partial charge in [0, 0.05) is 56.9 Å². The van der Waals surface area contributed by atoms with Gasteiger partial charge in [-0.15, -0.1) is 10.2 Å². The van der Waals surface area contributed by atoms with E-state index in [0.29, 0.717) is 69.6 Å². The summed E-state index contributed by atoms with van der Waals surface area (Å²) < 4.78 is 49.7. The number of fused-ring (bicyclic) bond motifs is 2. The van der Waals surface area contributed by atoms with E-state index >= 15 is 4.39 Å². The lowest BCUT2D eigenvalue weighted by Crippen LogP contribution is -2.59. The lowest BCUT2D eigenvalue weighted by molar-refractivity contribution is -0.0104. The van der Waals surface area contributed by atoms with E-state index in [1.54, 1.807) is 34.0 Å². The molecule has 1 unspecified atom stereocenters. The zero-order valence-corrected chi connectivity index (χ0v) is 32.9. The van der Waals surface area contributed by atoms with Crippen molar-refractivity contribution in [3.8, 4) is 34.8 Å². The van der Waals surface area contributed by atoms with Gasteiger partial charge in [0.1, 0.15) is 29.0 Å². The van der Waals surface area contributed by atoms with Crippen LogP contribution in [0.1, 0.15) is 51.4 Å². The highest BCUT2D eigenvalue weighted by Crippen LogP contribution is 2.41. The third kappa shape index (κ3) is 8.43. The third-order valence-electron chi connectivity index (χ3n) is 9.84. The summed E-state index contributed by atoms with van der Waals surface area (Å²) in [5.74, 6) is 1.51.